The normalized spacial score (nSPS) is 11.6. The molecule has 0 aliphatic heterocycles. The Morgan fingerprint density at radius 2 is 2.22 bits per heavy atom. The largest absolute Gasteiger partial charge is 0.480 e. The van der Waals surface area contributed by atoms with Gasteiger partial charge in [0, 0.05) is 4.47 Å². The fourth-order valence-electron chi connectivity index (χ4n) is 1.47. The van der Waals surface area contributed by atoms with E-state index in [1.54, 1.807) is 0 Å². The number of rotatable bonds is 6. The molecule has 0 saturated heterocycles. The van der Waals surface area contributed by atoms with Crippen molar-refractivity contribution in [2.75, 3.05) is 0 Å². The molecule has 96 valence electrons. The minimum atomic E-state index is -1.06. The molecule has 0 aromatic heterocycles. The molecule has 1 unspecified atom stereocenters. The minimum absolute atomic E-state index is 0.153. The highest BCUT2D eigenvalue weighted by molar-refractivity contribution is 9.10. The van der Waals surface area contributed by atoms with Crippen molar-refractivity contribution in [3.8, 4) is 0 Å². The lowest BCUT2D eigenvalue weighted by Gasteiger charge is -2.12. The highest BCUT2D eigenvalue weighted by atomic mass is 79.9. The van der Waals surface area contributed by atoms with Gasteiger partial charge in [-0.25, -0.2) is 4.79 Å². The molecular weight excluding hydrogens is 298 g/mol. The topological polar surface area (TPSA) is 66.4 Å². The maximum absolute atomic E-state index is 11.7. The predicted octanol–water partition coefficient (Wildman–Crippen LogP) is 2.14. The molecule has 0 aliphatic carbocycles. The van der Waals surface area contributed by atoms with E-state index in [0.717, 1.165) is 10.0 Å². The van der Waals surface area contributed by atoms with Crippen LogP contribution in [0.25, 0.3) is 0 Å². The van der Waals surface area contributed by atoms with Gasteiger partial charge in [-0.05, 0) is 24.1 Å². The lowest BCUT2D eigenvalue weighted by atomic mass is 10.1. The van der Waals surface area contributed by atoms with Gasteiger partial charge in [-0.15, -0.1) is 6.58 Å². The standard InChI is InChI=1S/C13H14BrNO3/c1-2-4-11(13(17)18)15-12(16)8-9-5-3-6-10(14)7-9/h2-3,5-7,11H,1,4,8H2,(H,15,16)(H,17,18). The van der Waals surface area contributed by atoms with Gasteiger partial charge in [0.15, 0.2) is 0 Å². The summed E-state index contributed by atoms with van der Waals surface area (Å²) in [5.74, 6) is -1.38. The van der Waals surface area contributed by atoms with E-state index < -0.39 is 12.0 Å². The number of carboxylic acid groups (broad SMARTS) is 1. The number of benzene rings is 1. The second-order valence-electron chi connectivity index (χ2n) is 3.79. The molecule has 1 aromatic rings. The van der Waals surface area contributed by atoms with Crippen LogP contribution in [0.1, 0.15) is 12.0 Å². The van der Waals surface area contributed by atoms with E-state index in [0.29, 0.717) is 0 Å². The fourth-order valence-corrected chi connectivity index (χ4v) is 1.91. The molecule has 18 heavy (non-hydrogen) atoms. The number of amides is 1. The Morgan fingerprint density at radius 1 is 1.50 bits per heavy atom. The molecule has 1 aromatic carbocycles. The maximum Gasteiger partial charge on any atom is 0.326 e. The molecule has 0 radical (unpaired) electrons. The summed E-state index contributed by atoms with van der Waals surface area (Å²) in [5, 5.41) is 11.4. The van der Waals surface area contributed by atoms with Gasteiger partial charge >= 0.3 is 5.97 Å². The first-order valence-electron chi connectivity index (χ1n) is 5.40. The third-order valence-corrected chi connectivity index (χ3v) is 2.78. The summed E-state index contributed by atoms with van der Waals surface area (Å²) in [5.41, 5.74) is 0.824. The van der Waals surface area contributed by atoms with Crippen molar-refractivity contribution in [1.82, 2.24) is 5.32 Å². The first-order chi connectivity index (χ1) is 8.52. The first-order valence-corrected chi connectivity index (χ1v) is 6.19. The maximum atomic E-state index is 11.7. The van der Waals surface area contributed by atoms with Gasteiger partial charge in [-0.1, -0.05) is 34.1 Å². The van der Waals surface area contributed by atoms with Crippen molar-refractivity contribution in [3.05, 3.63) is 47.0 Å². The molecule has 0 spiro atoms. The van der Waals surface area contributed by atoms with Crippen LogP contribution in [0.5, 0.6) is 0 Å². The highest BCUT2D eigenvalue weighted by Crippen LogP contribution is 2.12. The molecule has 4 nitrogen and oxygen atoms in total. The Bertz CT molecular complexity index is 459. The van der Waals surface area contributed by atoms with Crippen molar-refractivity contribution in [2.45, 2.75) is 18.9 Å². The molecule has 0 heterocycles. The Hall–Kier alpha value is -1.62. The van der Waals surface area contributed by atoms with Crippen LogP contribution in [0.2, 0.25) is 0 Å². The molecular formula is C13H14BrNO3. The smallest absolute Gasteiger partial charge is 0.326 e. The monoisotopic (exact) mass is 311 g/mol. The van der Waals surface area contributed by atoms with Crippen LogP contribution in [-0.2, 0) is 16.0 Å². The van der Waals surface area contributed by atoms with E-state index in [9.17, 15) is 9.59 Å². The van der Waals surface area contributed by atoms with Crippen LogP contribution < -0.4 is 5.32 Å². The number of carbonyl (C=O) groups excluding carboxylic acids is 1. The zero-order chi connectivity index (χ0) is 13.5. The van der Waals surface area contributed by atoms with E-state index in [-0.39, 0.29) is 18.7 Å². The van der Waals surface area contributed by atoms with Gasteiger partial charge in [-0.3, -0.25) is 4.79 Å². The molecule has 5 heteroatoms. The van der Waals surface area contributed by atoms with E-state index in [1.165, 1.54) is 6.08 Å². The summed E-state index contributed by atoms with van der Waals surface area (Å²) < 4.78 is 0.883. The SMILES string of the molecule is C=CCC(NC(=O)Cc1cccc(Br)c1)C(=O)O. The molecule has 1 amide bonds. The van der Waals surface area contributed by atoms with Crippen molar-refractivity contribution in [1.29, 1.82) is 0 Å². The minimum Gasteiger partial charge on any atom is -0.480 e. The van der Waals surface area contributed by atoms with Gasteiger partial charge in [0.2, 0.25) is 5.91 Å². The molecule has 1 rings (SSSR count). The predicted molar refractivity (Wildman–Crippen MR) is 72.2 cm³/mol. The molecule has 0 bridgehead atoms. The number of nitrogens with one attached hydrogen (secondary N) is 1. The zero-order valence-corrected chi connectivity index (χ0v) is 11.3. The highest BCUT2D eigenvalue weighted by Gasteiger charge is 2.18. The number of carbonyl (C=O) groups is 2. The number of carboxylic acids is 1. The van der Waals surface area contributed by atoms with Crippen molar-refractivity contribution >= 4 is 27.8 Å². The number of halogens is 1. The van der Waals surface area contributed by atoms with Gasteiger partial charge in [0.1, 0.15) is 6.04 Å². The molecule has 2 N–H and O–H groups in total. The van der Waals surface area contributed by atoms with Crippen LogP contribution in [-0.4, -0.2) is 23.0 Å². The average molecular weight is 312 g/mol. The second kappa shape index (κ2) is 6.96. The van der Waals surface area contributed by atoms with Crippen LogP contribution in [0.3, 0.4) is 0 Å². The number of hydrogen-bond acceptors (Lipinski definition) is 2. The quantitative estimate of drug-likeness (QED) is 0.791. The van der Waals surface area contributed by atoms with Crippen LogP contribution in [0.4, 0.5) is 0 Å². The lowest BCUT2D eigenvalue weighted by molar-refractivity contribution is -0.141. The van der Waals surface area contributed by atoms with E-state index in [4.69, 9.17) is 5.11 Å². The van der Waals surface area contributed by atoms with Crippen molar-refractivity contribution in [3.63, 3.8) is 0 Å². The van der Waals surface area contributed by atoms with E-state index >= 15 is 0 Å². The van der Waals surface area contributed by atoms with Gasteiger partial charge < -0.3 is 10.4 Å². The zero-order valence-electron chi connectivity index (χ0n) is 9.73. The molecule has 0 fully saturated rings. The average Bonchev–Trinajstić information content (AvgIpc) is 2.28. The summed E-state index contributed by atoms with van der Waals surface area (Å²) in [6, 6.07) is 6.41. The van der Waals surface area contributed by atoms with E-state index in [2.05, 4.69) is 27.8 Å². The van der Waals surface area contributed by atoms with Crippen LogP contribution in [0.15, 0.2) is 41.4 Å². The molecule has 0 aliphatic rings. The van der Waals surface area contributed by atoms with Crippen molar-refractivity contribution in [2.24, 2.45) is 0 Å². The first kappa shape index (κ1) is 14.4. The van der Waals surface area contributed by atoms with Gasteiger partial charge in [0.25, 0.3) is 0 Å². The third-order valence-electron chi connectivity index (χ3n) is 2.29. The lowest BCUT2D eigenvalue weighted by Crippen LogP contribution is -2.41. The summed E-state index contributed by atoms with van der Waals surface area (Å²) in [4.78, 5) is 22.6. The Morgan fingerprint density at radius 3 is 2.78 bits per heavy atom. The van der Waals surface area contributed by atoms with E-state index in [1.807, 2.05) is 24.3 Å². The summed E-state index contributed by atoms with van der Waals surface area (Å²) in [6.45, 7) is 3.46. The third kappa shape index (κ3) is 4.71. The summed E-state index contributed by atoms with van der Waals surface area (Å²) in [6.07, 6.45) is 1.83. The number of hydrogen-bond donors (Lipinski definition) is 2. The Kier molecular flexibility index (Phi) is 5.58. The Labute approximate surface area is 114 Å². The summed E-state index contributed by atoms with van der Waals surface area (Å²) >= 11 is 3.31. The van der Waals surface area contributed by atoms with Crippen LogP contribution in [0, 0.1) is 0 Å². The Balaban J connectivity index is 2.60. The van der Waals surface area contributed by atoms with Gasteiger partial charge in [0.05, 0.1) is 6.42 Å². The van der Waals surface area contributed by atoms with Gasteiger partial charge in [-0.2, -0.15) is 0 Å². The van der Waals surface area contributed by atoms with Crippen LogP contribution >= 0.6 is 15.9 Å². The fraction of sp³-hybridized carbons (Fsp3) is 0.231. The summed E-state index contributed by atoms with van der Waals surface area (Å²) in [7, 11) is 0. The number of aliphatic carboxylic acids is 1. The molecule has 1 atom stereocenters. The second-order valence-corrected chi connectivity index (χ2v) is 4.71. The van der Waals surface area contributed by atoms with Crippen molar-refractivity contribution < 1.29 is 14.7 Å². The molecule has 0 saturated carbocycles.